The summed E-state index contributed by atoms with van der Waals surface area (Å²) in [5.41, 5.74) is 1.65. The number of piperidine rings is 1. The van der Waals surface area contributed by atoms with Crippen LogP contribution in [0.1, 0.15) is 30.6 Å². The van der Waals surface area contributed by atoms with Crippen LogP contribution < -0.4 is 5.32 Å². The number of benzene rings is 1. The fourth-order valence-electron chi connectivity index (χ4n) is 2.78. The minimum atomic E-state index is -0.294. The molecule has 0 amide bonds. The molecule has 1 heterocycles. The van der Waals surface area contributed by atoms with Crippen LogP contribution in [-0.4, -0.2) is 43.7 Å². The molecular weight excluding hydrogens is 252 g/mol. The lowest BCUT2D eigenvalue weighted by molar-refractivity contribution is 0.0601. The highest BCUT2D eigenvalue weighted by atomic mass is 16.5. The fraction of sp³-hybridized carbons (Fsp3) is 0.562. The number of carbonyl (C=O) groups excluding carboxylic acids is 1. The second-order valence-corrected chi connectivity index (χ2v) is 5.82. The molecule has 1 aromatic carbocycles. The third kappa shape index (κ3) is 3.31. The average Bonchev–Trinajstić information content (AvgIpc) is 2.44. The summed E-state index contributed by atoms with van der Waals surface area (Å²) < 4.78 is 4.70. The number of hydrogen-bond acceptors (Lipinski definition) is 4. The number of anilines is 1. The molecule has 1 fully saturated rings. The van der Waals surface area contributed by atoms with E-state index in [1.165, 1.54) is 7.11 Å². The quantitative estimate of drug-likeness (QED) is 0.862. The number of esters is 1. The molecule has 0 saturated carbocycles. The minimum Gasteiger partial charge on any atom is -0.465 e. The molecule has 3 atom stereocenters. The molecule has 4 nitrogen and oxygen atoms in total. The first-order valence-corrected chi connectivity index (χ1v) is 7.16. The SMILES string of the molecule is COC(=O)c1ccc(NC2CC(C)N(C)CC2C)cc1. The van der Waals surface area contributed by atoms with Crippen molar-refractivity contribution >= 4 is 11.7 Å². The second-order valence-electron chi connectivity index (χ2n) is 5.82. The molecular formula is C16H24N2O2. The van der Waals surface area contributed by atoms with Crippen LogP contribution in [0.4, 0.5) is 5.69 Å². The van der Waals surface area contributed by atoms with Gasteiger partial charge >= 0.3 is 5.97 Å². The van der Waals surface area contributed by atoms with E-state index in [-0.39, 0.29) is 5.97 Å². The summed E-state index contributed by atoms with van der Waals surface area (Å²) in [5, 5.41) is 3.59. The summed E-state index contributed by atoms with van der Waals surface area (Å²) in [4.78, 5) is 13.8. The van der Waals surface area contributed by atoms with Crippen molar-refractivity contribution in [2.24, 2.45) is 5.92 Å². The Hall–Kier alpha value is -1.55. The lowest BCUT2D eigenvalue weighted by Crippen LogP contribution is -2.48. The molecule has 110 valence electrons. The first-order chi connectivity index (χ1) is 9.51. The van der Waals surface area contributed by atoms with E-state index >= 15 is 0 Å². The number of rotatable bonds is 3. The molecule has 0 aliphatic carbocycles. The lowest BCUT2D eigenvalue weighted by Gasteiger charge is -2.40. The monoisotopic (exact) mass is 276 g/mol. The Balaban J connectivity index is 2.01. The molecule has 1 N–H and O–H groups in total. The van der Waals surface area contributed by atoms with Gasteiger partial charge in [-0.25, -0.2) is 4.79 Å². The minimum absolute atomic E-state index is 0.294. The zero-order chi connectivity index (χ0) is 14.7. The Morgan fingerprint density at radius 3 is 2.55 bits per heavy atom. The van der Waals surface area contributed by atoms with Crippen molar-refractivity contribution < 1.29 is 9.53 Å². The highest BCUT2D eigenvalue weighted by molar-refractivity contribution is 5.89. The highest BCUT2D eigenvalue weighted by Crippen LogP contribution is 2.24. The van der Waals surface area contributed by atoms with Crippen LogP contribution in [0, 0.1) is 5.92 Å². The molecule has 2 rings (SSSR count). The van der Waals surface area contributed by atoms with Gasteiger partial charge < -0.3 is 15.0 Å². The van der Waals surface area contributed by atoms with Crippen LogP contribution in [-0.2, 0) is 4.74 Å². The maximum Gasteiger partial charge on any atom is 0.337 e. The first kappa shape index (κ1) is 14.9. The van der Waals surface area contributed by atoms with E-state index in [9.17, 15) is 4.79 Å². The number of likely N-dealkylation sites (tertiary alicyclic amines) is 1. The zero-order valence-electron chi connectivity index (χ0n) is 12.7. The van der Waals surface area contributed by atoms with Gasteiger partial charge in [0.2, 0.25) is 0 Å². The molecule has 1 aliphatic rings. The number of methoxy groups -OCH3 is 1. The Morgan fingerprint density at radius 1 is 1.30 bits per heavy atom. The van der Waals surface area contributed by atoms with Crippen LogP contribution in [0.25, 0.3) is 0 Å². The molecule has 1 aliphatic heterocycles. The van der Waals surface area contributed by atoms with Gasteiger partial charge in [-0.15, -0.1) is 0 Å². The van der Waals surface area contributed by atoms with Crippen molar-refractivity contribution in [2.45, 2.75) is 32.4 Å². The number of hydrogen-bond donors (Lipinski definition) is 1. The molecule has 20 heavy (non-hydrogen) atoms. The molecule has 0 bridgehead atoms. The van der Waals surface area contributed by atoms with Crippen molar-refractivity contribution in [1.82, 2.24) is 4.90 Å². The van der Waals surface area contributed by atoms with Gasteiger partial charge in [-0.2, -0.15) is 0 Å². The largest absolute Gasteiger partial charge is 0.465 e. The Labute approximate surface area is 121 Å². The fourth-order valence-corrected chi connectivity index (χ4v) is 2.78. The Bertz CT molecular complexity index is 458. The van der Waals surface area contributed by atoms with Gasteiger partial charge in [-0.1, -0.05) is 6.92 Å². The van der Waals surface area contributed by atoms with E-state index in [4.69, 9.17) is 4.74 Å². The molecule has 1 saturated heterocycles. The van der Waals surface area contributed by atoms with Crippen molar-refractivity contribution in [3.05, 3.63) is 29.8 Å². The predicted molar refractivity (Wildman–Crippen MR) is 81.1 cm³/mol. The summed E-state index contributed by atoms with van der Waals surface area (Å²) >= 11 is 0. The van der Waals surface area contributed by atoms with Crippen LogP contribution in [0.2, 0.25) is 0 Å². The van der Waals surface area contributed by atoms with Gasteiger partial charge in [0.1, 0.15) is 0 Å². The number of carbonyl (C=O) groups is 1. The summed E-state index contributed by atoms with van der Waals surface area (Å²) in [6.45, 7) is 5.66. The van der Waals surface area contributed by atoms with Crippen LogP contribution in [0.15, 0.2) is 24.3 Å². The maximum atomic E-state index is 11.4. The molecule has 1 aromatic rings. The number of nitrogens with zero attached hydrogens (tertiary/aromatic N) is 1. The van der Waals surface area contributed by atoms with Crippen LogP contribution in [0.5, 0.6) is 0 Å². The van der Waals surface area contributed by atoms with Gasteiger partial charge in [0, 0.05) is 24.3 Å². The molecule has 3 unspecified atom stereocenters. The van der Waals surface area contributed by atoms with E-state index in [1.807, 2.05) is 12.1 Å². The highest BCUT2D eigenvalue weighted by Gasteiger charge is 2.28. The Morgan fingerprint density at radius 2 is 1.95 bits per heavy atom. The average molecular weight is 276 g/mol. The zero-order valence-corrected chi connectivity index (χ0v) is 12.7. The van der Waals surface area contributed by atoms with Gasteiger partial charge in [0.05, 0.1) is 12.7 Å². The topological polar surface area (TPSA) is 41.6 Å². The van der Waals surface area contributed by atoms with Gasteiger partial charge in [0.15, 0.2) is 0 Å². The third-order valence-corrected chi connectivity index (χ3v) is 4.27. The molecule has 0 aromatic heterocycles. The van der Waals surface area contributed by atoms with E-state index in [1.54, 1.807) is 12.1 Å². The van der Waals surface area contributed by atoms with Crippen molar-refractivity contribution in [2.75, 3.05) is 26.0 Å². The summed E-state index contributed by atoms with van der Waals surface area (Å²) in [7, 11) is 3.58. The van der Waals surface area contributed by atoms with Gasteiger partial charge in [-0.3, -0.25) is 0 Å². The molecule has 4 heteroatoms. The second kappa shape index (κ2) is 6.27. The van der Waals surface area contributed by atoms with Crippen LogP contribution in [0.3, 0.4) is 0 Å². The van der Waals surface area contributed by atoms with E-state index in [0.29, 0.717) is 23.6 Å². The van der Waals surface area contributed by atoms with Crippen molar-refractivity contribution in [1.29, 1.82) is 0 Å². The van der Waals surface area contributed by atoms with Crippen molar-refractivity contribution in [3.63, 3.8) is 0 Å². The number of ether oxygens (including phenoxy) is 1. The van der Waals surface area contributed by atoms with E-state index in [0.717, 1.165) is 18.7 Å². The first-order valence-electron chi connectivity index (χ1n) is 7.16. The summed E-state index contributed by atoms with van der Waals surface area (Å²) in [5.74, 6) is 0.314. The maximum absolute atomic E-state index is 11.4. The molecule has 0 spiro atoms. The third-order valence-electron chi connectivity index (χ3n) is 4.27. The normalized spacial score (nSPS) is 27.1. The summed E-state index contributed by atoms with van der Waals surface area (Å²) in [6, 6.07) is 8.57. The van der Waals surface area contributed by atoms with Crippen LogP contribution >= 0.6 is 0 Å². The lowest BCUT2D eigenvalue weighted by atomic mass is 9.89. The van der Waals surface area contributed by atoms with Gasteiger partial charge in [-0.05, 0) is 50.6 Å². The van der Waals surface area contributed by atoms with Crippen molar-refractivity contribution in [3.8, 4) is 0 Å². The standard InChI is InChI=1S/C16H24N2O2/c1-11-10-18(3)12(2)9-15(11)17-14-7-5-13(6-8-14)16(19)20-4/h5-8,11-12,15,17H,9-10H2,1-4H3. The summed E-state index contributed by atoms with van der Waals surface area (Å²) in [6.07, 6.45) is 1.14. The Kier molecular flexibility index (Phi) is 4.65. The van der Waals surface area contributed by atoms with E-state index in [2.05, 4.69) is 31.1 Å². The van der Waals surface area contributed by atoms with E-state index < -0.39 is 0 Å². The number of nitrogens with one attached hydrogen (secondary N) is 1. The predicted octanol–water partition coefficient (Wildman–Crippen LogP) is 2.61. The molecule has 0 radical (unpaired) electrons. The smallest absolute Gasteiger partial charge is 0.337 e. The van der Waals surface area contributed by atoms with Gasteiger partial charge in [0.25, 0.3) is 0 Å².